The Labute approximate surface area is 98.3 Å². The van der Waals surface area contributed by atoms with E-state index in [9.17, 15) is 18.5 Å². The summed E-state index contributed by atoms with van der Waals surface area (Å²) in [4.78, 5) is 10.1. The first-order valence-electron chi connectivity index (χ1n) is 5.03. The minimum Gasteiger partial charge on any atom is -0.490 e. The standard InChI is InChI=1S/C10H11NO5S/c1-16-10-5-4-8(6-9(10)11(12)13)17(14,15)7-2-3-7/h4-7H,2-3H2,1H3. The number of rotatable bonds is 4. The van der Waals surface area contributed by atoms with E-state index in [-0.39, 0.29) is 21.6 Å². The molecule has 2 rings (SSSR count). The Morgan fingerprint density at radius 1 is 1.41 bits per heavy atom. The molecule has 0 amide bonds. The minimum absolute atomic E-state index is 0.00694. The molecule has 0 saturated heterocycles. The van der Waals surface area contributed by atoms with Crippen molar-refractivity contribution in [3.05, 3.63) is 28.3 Å². The van der Waals surface area contributed by atoms with Crippen LogP contribution in [-0.4, -0.2) is 25.7 Å². The summed E-state index contributed by atoms with van der Waals surface area (Å²) in [6, 6.07) is 3.72. The maximum atomic E-state index is 11.9. The fourth-order valence-electron chi connectivity index (χ4n) is 1.56. The summed E-state index contributed by atoms with van der Waals surface area (Å²) >= 11 is 0. The SMILES string of the molecule is COc1ccc(S(=O)(=O)C2CC2)cc1[N+](=O)[O-]. The summed E-state index contributed by atoms with van der Waals surface area (Å²) in [6.45, 7) is 0. The zero-order chi connectivity index (χ0) is 12.6. The van der Waals surface area contributed by atoms with Gasteiger partial charge in [-0.2, -0.15) is 0 Å². The zero-order valence-electron chi connectivity index (χ0n) is 9.12. The molecule has 17 heavy (non-hydrogen) atoms. The normalized spacial score (nSPS) is 15.6. The van der Waals surface area contributed by atoms with Crippen LogP contribution in [0.3, 0.4) is 0 Å². The first-order chi connectivity index (χ1) is 7.96. The van der Waals surface area contributed by atoms with E-state index in [4.69, 9.17) is 4.74 Å². The van der Waals surface area contributed by atoms with Crippen LogP contribution >= 0.6 is 0 Å². The van der Waals surface area contributed by atoms with Crippen LogP contribution in [-0.2, 0) is 9.84 Å². The van der Waals surface area contributed by atoms with Gasteiger partial charge in [0, 0.05) is 6.07 Å². The number of methoxy groups -OCH3 is 1. The van der Waals surface area contributed by atoms with E-state index in [1.807, 2.05) is 0 Å². The lowest BCUT2D eigenvalue weighted by atomic mass is 10.3. The number of nitro groups is 1. The van der Waals surface area contributed by atoms with E-state index in [1.54, 1.807) is 0 Å². The highest BCUT2D eigenvalue weighted by molar-refractivity contribution is 7.92. The van der Waals surface area contributed by atoms with Gasteiger partial charge in [0.25, 0.3) is 0 Å². The molecular weight excluding hydrogens is 246 g/mol. The second-order valence-electron chi connectivity index (χ2n) is 3.84. The maximum absolute atomic E-state index is 11.9. The summed E-state index contributed by atoms with van der Waals surface area (Å²) in [7, 11) is -2.10. The number of sulfone groups is 1. The fraction of sp³-hybridized carbons (Fsp3) is 0.400. The molecule has 1 aliphatic rings. The maximum Gasteiger partial charge on any atom is 0.312 e. The Balaban J connectivity index is 2.51. The number of nitro benzene ring substituents is 1. The zero-order valence-corrected chi connectivity index (χ0v) is 9.94. The number of hydrogen-bond donors (Lipinski definition) is 0. The van der Waals surface area contributed by atoms with E-state index in [0.29, 0.717) is 12.8 Å². The third-order valence-corrected chi connectivity index (χ3v) is 4.90. The Bertz CT molecular complexity index is 562. The summed E-state index contributed by atoms with van der Waals surface area (Å²) in [5.41, 5.74) is -0.325. The van der Waals surface area contributed by atoms with Crippen LogP contribution in [0.5, 0.6) is 5.75 Å². The molecule has 92 valence electrons. The van der Waals surface area contributed by atoms with Gasteiger partial charge in [0.2, 0.25) is 0 Å². The van der Waals surface area contributed by atoms with Crippen molar-refractivity contribution in [1.29, 1.82) is 0 Å². The summed E-state index contributed by atoms with van der Waals surface area (Å²) in [5, 5.41) is 10.4. The van der Waals surface area contributed by atoms with Crippen molar-refractivity contribution in [1.82, 2.24) is 0 Å². The Kier molecular flexibility index (Phi) is 2.78. The van der Waals surface area contributed by atoms with E-state index in [0.717, 1.165) is 6.07 Å². The molecule has 1 fully saturated rings. The first-order valence-corrected chi connectivity index (χ1v) is 6.58. The lowest BCUT2D eigenvalue weighted by Crippen LogP contribution is -2.07. The first kappa shape index (κ1) is 11.8. The van der Waals surface area contributed by atoms with Gasteiger partial charge in [0.1, 0.15) is 0 Å². The molecule has 0 atom stereocenters. The van der Waals surface area contributed by atoms with Crippen LogP contribution in [0.1, 0.15) is 12.8 Å². The van der Waals surface area contributed by atoms with Gasteiger partial charge in [-0.05, 0) is 25.0 Å². The van der Waals surface area contributed by atoms with E-state index < -0.39 is 14.8 Å². The third kappa shape index (κ3) is 2.10. The van der Waals surface area contributed by atoms with Gasteiger partial charge >= 0.3 is 5.69 Å². The van der Waals surface area contributed by atoms with Crippen LogP contribution in [0, 0.1) is 10.1 Å². The summed E-state index contributed by atoms with van der Waals surface area (Å²) in [6.07, 6.45) is 1.25. The van der Waals surface area contributed by atoms with Crippen molar-refractivity contribution in [2.24, 2.45) is 0 Å². The fourth-order valence-corrected chi connectivity index (χ4v) is 3.24. The van der Waals surface area contributed by atoms with Gasteiger partial charge in [-0.1, -0.05) is 0 Å². The molecule has 0 unspecified atom stereocenters. The second kappa shape index (κ2) is 3.99. The van der Waals surface area contributed by atoms with Gasteiger partial charge in [0.05, 0.1) is 22.2 Å². The lowest BCUT2D eigenvalue weighted by Gasteiger charge is -2.05. The monoisotopic (exact) mass is 257 g/mol. The Morgan fingerprint density at radius 3 is 2.53 bits per heavy atom. The Morgan fingerprint density at radius 2 is 2.06 bits per heavy atom. The van der Waals surface area contributed by atoms with Crippen molar-refractivity contribution in [2.75, 3.05) is 7.11 Å². The molecule has 0 bridgehead atoms. The molecule has 0 aromatic heterocycles. The number of hydrogen-bond acceptors (Lipinski definition) is 5. The molecule has 7 heteroatoms. The smallest absolute Gasteiger partial charge is 0.312 e. The van der Waals surface area contributed by atoms with Gasteiger partial charge < -0.3 is 4.74 Å². The largest absolute Gasteiger partial charge is 0.490 e. The Hall–Kier alpha value is -1.63. The molecule has 1 aromatic rings. The van der Waals surface area contributed by atoms with Crippen molar-refractivity contribution < 1.29 is 18.1 Å². The van der Waals surface area contributed by atoms with Crippen molar-refractivity contribution in [3.63, 3.8) is 0 Å². The highest BCUT2D eigenvalue weighted by atomic mass is 32.2. The van der Waals surface area contributed by atoms with Gasteiger partial charge in [-0.25, -0.2) is 8.42 Å². The van der Waals surface area contributed by atoms with Gasteiger partial charge in [-0.3, -0.25) is 10.1 Å². The van der Waals surface area contributed by atoms with Crippen LogP contribution in [0.15, 0.2) is 23.1 Å². The molecular formula is C10H11NO5S. The highest BCUT2D eigenvalue weighted by Gasteiger charge is 2.37. The van der Waals surface area contributed by atoms with Crippen LogP contribution < -0.4 is 4.74 Å². The van der Waals surface area contributed by atoms with E-state index in [1.165, 1.54) is 19.2 Å². The molecule has 0 radical (unpaired) electrons. The molecule has 0 aliphatic heterocycles. The lowest BCUT2D eigenvalue weighted by molar-refractivity contribution is -0.386. The average molecular weight is 257 g/mol. The predicted molar refractivity (Wildman–Crippen MR) is 59.9 cm³/mol. The van der Waals surface area contributed by atoms with Crippen molar-refractivity contribution in [3.8, 4) is 5.75 Å². The van der Waals surface area contributed by atoms with E-state index >= 15 is 0 Å². The average Bonchev–Trinajstić information content (AvgIpc) is 3.12. The second-order valence-corrected chi connectivity index (χ2v) is 6.06. The van der Waals surface area contributed by atoms with Crippen LogP contribution in [0.25, 0.3) is 0 Å². The summed E-state index contributed by atoms with van der Waals surface area (Å²) in [5.74, 6) is 0.0600. The minimum atomic E-state index is -3.41. The van der Waals surface area contributed by atoms with Crippen LogP contribution in [0.2, 0.25) is 0 Å². The van der Waals surface area contributed by atoms with Gasteiger partial charge in [-0.15, -0.1) is 0 Å². The molecule has 6 nitrogen and oxygen atoms in total. The van der Waals surface area contributed by atoms with Gasteiger partial charge in [0.15, 0.2) is 15.6 Å². The topological polar surface area (TPSA) is 86.5 Å². The predicted octanol–water partition coefficient (Wildman–Crippen LogP) is 1.54. The quantitative estimate of drug-likeness (QED) is 0.603. The van der Waals surface area contributed by atoms with E-state index in [2.05, 4.69) is 0 Å². The molecule has 1 aliphatic carbocycles. The number of nitrogens with zero attached hydrogens (tertiary/aromatic N) is 1. The molecule has 1 saturated carbocycles. The van der Waals surface area contributed by atoms with Crippen LogP contribution in [0.4, 0.5) is 5.69 Å². The highest BCUT2D eigenvalue weighted by Crippen LogP contribution is 2.36. The summed E-state index contributed by atoms with van der Waals surface area (Å²) < 4.78 is 28.6. The number of benzene rings is 1. The third-order valence-electron chi connectivity index (χ3n) is 2.64. The number of ether oxygens (including phenoxy) is 1. The van der Waals surface area contributed by atoms with Crippen molar-refractivity contribution >= 4 is 15.5 Å². The molecule has 0 heterocycles. The molecule has 0 spiro atoms. The molecule has 0 N–H and O–H groups in total. The molecule has 1 aromatic carbocycles. The van der Waals surface area contributed by atoms with Crippen molar-refractivity contribution in [2.45, 2.75) is 23.0 Å².